The molecule has 0 fully saturated rings. The van der Waals surface area contributed by atoms with Crippen molar-refractivity contribution >= 4 is 5.52 Å². The summed E-state index contributed by atoms with van der Waals surface area (Å²) in [6.45, 7) is 0. The van der Waals surface area contributed by atoms with Gasteiger partial charge in [0, 0.05) is 18.6 Å². The van der Waals surface area contributed by atoms with Crippen LogP contribution in [0.1, 0.15) is 5.56 Å². The zero-order valence-electron chi connectivity index (χ0n) is 6.80. The van der Waals surface area contributed by atoms with Gasteiger partial charge in [0.2, 0.25) is 0 Å². The summed E-state index contributed by atoms with van der Waals surface area (Å²) < 4.78 is 38.2. The predicted molar refractivity (Wildman–Crippen MR) is 43.0 cm³/mol. The molecule has 0 amide bonds. The maximum Gasteiger partial charge on any atom is 0.418 e. The molecule has 74 valence electrons. The van der Waals surface area contributed by atoms with Crippen molar-refractivity contribution in [2.75, 3.05) is 0 Å². The number of halogens is 3. The van der Waals surface area contributed by atoms with Gasteiger partial charge in [0.15, 0.2) is 0 Å². The quantitative estimate of drug-likeness (QED) is 0.692. The van der Waals surface area contributed by atoms with Crippen molar-refractivity contribution in [2.24, 2.45) is 0 Å². The van der Waals surface area contributed by atoms with E-state index in [1.54, 1.807) is 0 Å². The molecule has 14 heavy (non-hydrogen) atoms. The Kier molecular flexibility index (Phi) is 1.67. The van der Waals surface area contributed by atoms with Gasteiger partial charge >= 0.3 is 6.18 Å². The zero-order chi connectivity index (χ0) is 10.3. The first-order valence-corrected chi connectivity index (χ1v) is 3.76. The van der Waals surface area contributed by atoms with Crippen LogP contribution in [0.25, 0.3) is 5.52 Å². The molecule has 3 nitrogen and oxygen atoms in total. The summed E-state index contributed by atoms with van der Waals surface area (Å²) in [5, 5.41) is 0. The van der Waals surface area contributed by atoms with Gasteiger partial charge in [0.05, 0.1) is 5.56 Å². The fourth-order valence-corrected chi connectivity index (χ4v) is 1.30. The molecule has 0 aliphatic heterocycles. The monoisotopic (exact) mass is 202 g/mol. The molecule has 6 heteroatoms. The number of hydrogen-bond acceptors (Lipinski definition) is 1. The van der Waals surface area contributed by atoms with E-state index in [-0.39, 0.29) is 5.52 Å². The lowest BCUT2D eigenvalue weighted by atomic mass is 10.3. The Hall–Kier alpha value is -1.72. The number of nitrogens with one attached hydrogen (secondary N) is 1. The molecule has 0 spiro atoms. The molecule has 0 aliphatic carbocycles. The highest BCUT2D eigenvalue weighted by atomic mass is 19.4. The summed E-state index contributed by atoms with van der Waals surface area (Å²) in [5.74, 6) is 0. The van der Waals surface area contributed by atoms with Crippen LogP contribution >= 0.6 is 0 Å². The van der Waals surface area contributed by atoms with Gasteiger partial charge < -0.3 is 9.38 Å². The molecule has 0 radical (unpaired) electrons. The molecule has 2 aromatic heterocycles. The Morgan fingerprint density at radius 1 is 1.29 bits per heavy atom. The van der Waals surface area contributed by atoms with Crippen molar-refractivity contribution in [3.63, 3.8) is 0 Å². The van der Waals surface area contributed by atoms with E-state index in [0.29, 0.717) is 0 Å². The lowest BCUT2D eigenvalue weighted by Gasteiger charge is -2.03. The largest absolute Gasteiger partial charge is 0.418 e. The van der Waals surface area contributed by atoms with Gasteiger partial charge in [-0.1, -0.05) is 0 Å². The smallest absolute Gasteiger partial charge is 0.326 e. The van der Waals surface area contributed by atoms with Crippen LogP contribution < -0.4 is 5.56 Å². The van der Waals surface area contributed by atoms with Gasteiger partial charge in [0.1, 0.15) is 5.52 Å². The van der Waals surface area contributed by atoms with E-state index in [1.165, 1.54) is 18.6 Å². The van der Waals surface area contributed by atoms with E-state index in [1.807, 2.05) is 0 Å². The Morgan fingerprint density at radius 3 is 2.64 bits per heavy atom. The van der Waals surface area contributed by atoms with Gasteiger partial charge in [-0.05, 0) is 6.07 Å². The van der Waals surface area contributed by atoms with E-state index in [4.69, 9.17) is 0 Å². The number of nitrogens with zero attached hydrogens (tertiary/aromatic N) is 1. The van der Waals surface area contributed by atoms with E-state index >= 15 is 0 Å². The Labute approximate surface area is 75.8 Å². The third-order valence-corrected chi connectivity index (χ3v) is 1.89. The molecule has 0 aromatic carbocycles. The number of rotatable bonds is 0. The molecule has 0 atom stereocenters. The molecule has 0 aliphatic rings. The Bertz CT molecular complexity index is 523. The zero-order valence-corrected chi connectivity index (χ0v) is 6.80. The van der Waals surface area contributed by atoms with Gasteiger partial charge in [-0.3, -0.25) is 4.79 Å². The molecule has 2 rings (SSSR count). The fourth-order valence-electron chi connectivity index (χ4n) is 1.30. The molecule has 0 bridgehead atoms. The van der Waals surface area contributed by atoms with Crippen molar-refractivity contribution < 1.29 is 13.2 Å². The van der Waals surface area contributed by atoms with Crippen LogP contribution in [0.2, 0.25) is 0 Å². The van der Waals surface area contributed by atoms with Crippen molar-refractivity contribution in [2.45, 2.75) is 6.18 Å². The molecule has 2 aromatic rings. The summed E-state index contributed by atoms with van der Waals surface area (Å²) in [4.78, 5) is 13.3. The topological polar surface area (TPSA) is 37.3 Å². The summed E-state index contributed by atoms with van der Waals surface area (Å²) in [6, 6.07) is 0.880. The van der Waals surface area contributed by atoms with Gasteiger partial charge in [-0.15, -0.1) is 0 Å². The number of hydrogen-bond donors (Lipinski definition) is 1. The summed E-state index contributed by atoms with van der Waals surface area (Å²) >= 11 is 0. The highest BCUT2D eigenvalue weighted by Crippen LogP contribution is 2.31. The van der Waals surface area contributed by atoms with Crippen molar-refractivity contribution in [3.05, 3.63) is 40.6 Å². The average molecular weight is 202 g/mol. The predicted octanol–water partition coefficient (Wildman–Crippen LogP) is 1.65. The second-order valence-electron chi connectivity index (χ2n) is 2.77. The lowest BCUT2D eigenvalue weighted by Crippen LogP contribution is -2.13. The van der Waals surface area contributed by atoms with Crippen molar-refractivity contribution in [3.8, 4) is 0 Å². The van der Waals surface area contributed by atoms with Crippen LogP contribution in [-0.4, -0.2) is 9.38 Å². The second-order valence-corrected chi connectivity index (χ2v) is 2.77. The first-order chi connectivity index (χ1) is 6.50. The molecule has 0 saturated heterocycles. The van der Waals surface area contributed by atoms with Gasteiger partial charge in [0.25, 0.3) is 5.56 Å². The number of aromatic nitrogens is 2. The maximum atomic E-state index is 12.4. The van der Waals surface area contributed by atoms with Crippen LogP contribution in [-0.2, 0) is 6.18 Å². The lowest BCUT2D eigenvalue weighted by molar-refractivity contribution is -0.136. The number of fused-ring (bicyclic) bond motifs is 1. The van der Waals surface area contributed by atoms with E-state index in [9.17, 15) is 18.0 Å². The average Bonchev–Trinajstić information content (AvgIpc) is 2.47. The standard InChI is InChI=1S/C8H5F3N2O/c9-8(10,11)5-1-3-13-4-2-12-7(14)6(5)13/h1-4H,(H,12,14). The third-order valence-electron chi connectivity index (χ3n) is 1.89. The first-order valence-electron chi connectivity index (χ1n) is 3.76. The van der Waals surface area contributed by atoms with E-state index < -0.39 is 17.3 Å². The first kappa shape index (κ1) is 8.86. The minimum absolute atomic E-state index is 0.375. The van der Waals surface area contributed by atoms with Crippen molar-refractivity contribution in [1.29, 1.82) is 0 Å². The highest BCUT2D eigenvalue weighted by Gasteiger charge is 2.34. The number of aromatic amines is 1. The molecule has 2 heterocycles. The second kappa shape index (κ2) is 2.63. The van der Waals surface area contributed by atoms with Crippen LogP contribution in [0, 0.1) is 0 Å². The van der Waals surface area contributed by atoms with Crippen LogP contribution in [0.3, 0.4) is 0 Å². The normalized spacial score (nSPS) is 12.2. The van der Waals surface area contributed by atoms with Crippen LogP contribution in [0.5, 0.6) is 0 Å². The Morgan fingerprint density at radius 2 is 2.00 bits per heavy atom. The molecular formula is C8H5F3N2O. The number of H-pyrrole nitrogens is 1. The minimum Gasteiger partial charge on any atom is -0.326 e. The van der Waals surface area contributed by atoms with Gasteiger partial charge in [-0.25, -0.2) is 0 Å². The Balaban J connectivity index is 2.87. The third kappa shape index (κ3) is 1.19. The van der Waals surface area contributed by atoms with Crippen molar-refractivity contribution in [1.82, 2.24) is 9.38 Å². The highest BCUT2D eigenvalue weighted by molar-refractivity contribution is 5.55. The minimum atomic E-state index is -4.50. The fraction of sp³-hybridized carbons (Fsp3) is 0.125. The summed E-state index contributed by atoms with van der Waals surface area (Å²) in [5.41, 5.74) is -2.04. The molecular weight excluding hydrogens is 197 g/mol. The molecule has 0 saturated carbocycles. The molecule has 1 N–H and O–H groups in total. The number of alkyl halides is 3. The van der Waals surface area contributed by atoms with E-state index in [0.717, 1.165) is 10.5 Å². The SMILES string of the molecule is O=c1[nH]ccn2ccc(C(F)(F)F)c12. The van der Waals surface area contributed by atoms with E-state index in [2.05, 4.69) is 4.98 Å². The summed E-state index contributed by atoms with van der Waals surface area (Å²) in [6.07, 6.45) is -0.655. The van der Waals surface area contributed by atoms with Gasteiger partial charge in [-0.2, -0.15) is 13.2 Å². The summed E-state index contributed by atoms with van der Waals surface area (Å²) in [7, 11) is 0. The van der Waals surface area contributed by atoms with Crippen LogP contribution in [0.4, 0.5) is 13.2 Å². The molecule has 0 unspecified atom stereocenters. The van der Waals surface area contributed by atoms with Crippen LogP contribution in [0.15, 0.2) is 29.5 Å². The maximum absolute atomic E-state index is 12.4.